The molecule has 0 bridgehead atoms. The number of hydrogen-bond donors (Lipinski definition) is 10. The molecule has 0 aliphatic heterocycles. The number of ether oxygens (including phenoxy) is 6. The molecule has 0 aliphatic rings. The molecule has 0 saturated carbocycles. The zero-order chi connectivity index (χ0) is 34.7. The van der Waals surface area contributed by atoms with Gasteiger partial charge in [0.05, 0.1) is 66.1 Å². The van der Waals surface area contributed by atoms with Crippen molar-refractivity contribution in [2.75, 3.05) is 126 Å². The fourth-order valence-electron chi connectivity index (χ4n) is 2.61. The fraction of sp³-hybridized carbons (Fsp3) is 1.00. The summed E-state index contributed by atoms with van der Waals surface area (Å²) in [6.45, 7) is 4.18. The Balaban J connectivity index is -0.000000158. The van der Waals surface area contributed by atoms with Gasteiger partial charge >= 0.3 is 0 Å². The summed E-state index contributed by atoms with van der Waals surface area (Å²) in [7, 11) is 0. The van der Waals surface area contributed by atoms with Crippen molar-refractivity contribution in [3.05, 3.63) is 0 Å². The van der Waals surface area contributed by atoms with E-state index in [0.29, 0.717) is 52.9 Å². The lowest BCUT2D eigenvalue weighted by Gasteiger charge is -2.03. The van der Waals surface area contributed by atoms with Gasteiger partial charge in [0, 0.05) is 39.6 Å². The average molecular weight is 673 g/mol. The fourth-order valence-corrected chi connectivity index (χ4v) is 2.61. The number of unbranched alkanes of at least 4 members (excludes halogenated alkanes) is 7. The highest BCUT2D eigenvalue weighted by molar-refractivity contribution is 4.46. The van der Waals surface area contributed by atoms with Crippen LogP contribution in [0.25, 0.3) is 0 Å². The summed E-state index contributed by atoms with van der Waals surface area (Å²) in [5.74, 6) is 0. The van der Waals surface area contributed by atoms with Crippen LogP contribution in [0.5, 0.6) is 0 Å². The lowest BCUT2D eigenvalue weighted by molar-refractivity contribution is -0.0763. The molecule has 10 N–H and O–H groups in total. The van der Waals surface area contributed by atoms with Gasteiger partial charge in [-0.2, -0.15) is 0 Å². The minimum absolute atomic E-state index is 0.0272. The minimum atomic E-state index is -0.406. The van der Waals surface area contributed by atoms with Crippen LogP contribution >= 0.6 is 0 Å². The van der Waals surface area contributed by atoms with Crippen LogP contribution < -0.4 is 0 Å². The molecular weight excluding hydrogens is 604 g/mol. The molecule has 0 aromatic heterocycles. The quantitative estimate of drug-likeness (QED) is 0.0315. The van der Waals surface area contributed by atoms with Crippen molar-refractivity contribution >= 4 is 0 Å². The summed E-state index contributed by atoms with van der Waals surface area (Å²) in [5, 5.41) is 81.2. The summed E-state index contributed by atoms with van der Waals surface area (Å²) >= 11 is 0. The van der Waals surface area contributed by atoms with Crippen LogP contribution in [0.3, 0.4) is 0 Å². The lowest BCUT2D eigenvalue weighted by atomic mass is 10.1. The lowest BCUT2D eigenvalue weighted by Crippen LogP contribution is -2.04. The van der Waals surface area contributed by atoms with E-state index in [0.717, 1.165) is 45.1 Å². The largest absolute Gasteiger partial charge is 0.396 e. The molecule has 16 heteroatoms. The van der Waals surface area contributed by atoms with Crippen molar-refractivity contribution in [2.45, 2.75) is 64.2 Å². The molecule has 0 rings (SSSR count). The van der Waals surface area contributed by atoms with E-state index in [9.17, 15) is 0 Å². The van der Waals surface area contributed by atoms with E-state index in [1.165, 1.54) is 25.7 Å². The summed E-state index contributed by atoms with van der Waals surface area (Å²) in [6.07, 6.45) is 10.9. The Morgan fingerprint density at radius 2 is 0.467 bits per heavy atom. The van der Waals surface area contributed by atoms with Gasteiger partial charge in [0.25, 0.3) is 0 Å². The van der Waals surface area contributed by atoms with Gasteiger partial charge in [-0.25, -0.2) is 0 Å². The smallest absolute Gasteiger partial charge is 0.146 e. The third-order valence-electron chi connectivity index (χ3n) is 4.67. The van der Waals surface area contributed by atoms with Crippen molar-refractivity contribution in [1.29, 1.82) is 0 Å². The Kier molecular flexibility index (Phi) is 78.8. The van der Waals surface area contributed by atoms with Crippen molar-refractivity contribution < 1.29 is 79.5 Å². The molecule has 0 radical (unpaired) electrons. The first-order valence-electron chi connectivity index (χ1n) is 15.6. The highest BCUT2D eigenvalue weighted by Gasteiger charge is 1.92. The first-order valence-corrected chi connectivity index (χ1v) is 15.6. The van der Waals surface area contributed by atoms with Gasteiger partial charge in [0.2, 0.25) is 0 Å². The topological polar surface area (TPSA) is 258 Å². The number of rotatable bonds is 30. The molecule has 45 heavy (non-hydrogen) atoms. The molecule has 0 saturated heterocycles. The van der Waals surface area contributed by atoms with Gasteiger partial charge < -0.3 is 79.5 Å². The third-order valence-corrected chi connectivity index (χ3v) is 4.67. The number of hydrogen-bond acceptors (Lipinski definition) is 16. The van der Waals surface area contributed by atoms with Gasteiger partial charge in [-0.3, -0.25) is 0 Å². The number of aliphatic hydroxyl groups is 10. The average Bonchev–Trinajstić information content (AvgIpc) is 3.06. The molecule has 16 nitrogen and oxygen atoms in total. The normalized spacial score (nSPS) is 10.0. The molecule has 0 fully saturated rings. The molecule has 0 aromatic carbocycles. The van der Waals surface area contributed by atoms with E-state index in [-0.39, 0.29) is 53.0 Å². The highest BCUT2D eigenvalue weighted by Crippen LogP contribution is 2.06. The number of aliphatic hydroxyl groups excluding tert-OH is 10. The van der Waals surface area contributed by atoms with Gasteiger partial charge in [-0.05, 0) is 32.1 Å². The maximum absolute atomic E-state index is 8.58. The van der Waals surface area contributed by atoms with E-state index in [2.05, 4.69) is 14.2 Å². The highest BCUT2D eigenvalue weighted by atomic mass is 16.6. The van der Waals surface area contributed by atoms with Crippen LogP contribution in [-0.2, 0) is 28.4 Å². The van der Waals surface area contributed by atoms with Crippen LogP contribution in [0.2, 0.25) is 0 Å². The second kappa shape index (κ2) is 65.9. The Morgan fingerprint density at radius 3 is 0.778 bits per heavy atom. The molecule has 0 unspecified atom stereocenters. The predicted molar refractivity (Wildman–Crippen MR) is 167 cm³/mol. The van der Waals surface area contributed by atoms with E-state index < -0.39 is 13.6 Å². The van der Waals surface area contributed by atoms with Crippen molar-refractivity contribution in [1.82, 2.24) is 0 Å². The monoisotopic (exact) mass is 672 g/mol. The van der Waals surface area contributed by atoms with Crippen LogP contribution in [-0.4, -0.2) is 177 Å². The standard InChI is InChI=1S/C12H26O3.C8H18O4.C4H10O3.C3H8O3.C2H6O3/c13-9-6-4-2-1-3-5-7-11-15-12-8-10-14;9-3-7-11-5-1-2-6-12-8-4-10;5-1-3-7-4-2-6;4-1-2-6-3-5;3-1-5-2-4/h13-14H,1-12H2;9-10H,1-8H2;5-6H,1-4H2;4-5H,1-3H2;3-4H,1-2H2. The molecular formula is C29H68O16. The molecule has 0 spiro atoms. The van der Waals surface area contributed by atoms with E-state index >= 15 is 0 Å². The van der Waals surface area contributed by atoms with Crippen molar-refractivity contribution in [3.8, 4) is 0 Å². The SMILES string of the molecule is OCCCCCCCCCOCCCO.OCCOCCCCOCCO.OCCOCCO.OCCOCO.OCOCO. The Bertz CT molecular complexity index is 369. The molecule has 0 heterocycles. The van der Waals surface area contributed by atoms with Crippen LogP contribution in [0, 0.1) is 0 Å². The first-order chi connectivity index (χ1) is 22.1. The molecule has 0 atom stereocenters. The predicted octanol–water partition coefficient (Wildman–Crippen LogP) is -1.27. The second-order valence-electron chi connectivity index (χ2n) is 8.55. The van der Waals surface area contributed by atoms with E-state index in [1.54, 1.807) is 0 Å². The third kappa shape index (κ3) is 86.0. The van der Waals surface area contributed by atoms with Gasteiger partial charge in [0.1, 0.15) is 20.4 Å². The van der Waals surface area contributed by atoms with Gasteiger partial charge in [-0.1, -0.05) is 32.1 Å². The zero-order valence-electron chi connectivity index (χ0n) is 27.4. The summed E-state index contributed by atoms with van der Waals surface area (Å²) in [6, 6.07) is 0. The van der Waals surface area contributed by atoms with E-state index in [1.807, 2.05) is 0 Å². The van der Waals surface area contributed by atoms with Crippen LogP contribution in [0.1, 0.15) is 64.2 Å². The molecule has 280 valence electrons. The Morgan fingerprint density at radius 1 is 0.200 bits per heavy atom. The van der Waals surface area contributed by atoms with Crippen LogP contribution in [0.4, 0.5) is 0 Å². The molecule has 0 amide bonds. The first kappa shape index (κ1) is 53.8. The van der Waals surface area contributed by atoms with Gasteiger partial charge in [-0.15, -0.1) is 0 Å². The van der Waals surface area contributed by atoms with Crippen molar-refractivity contribution in [2.24, 2.45) is 0 Å². The maximum atomic E-state index is 8.58. The van der Waals surface area contributed by atoms with Crippen LogP contribution in [0.15, 0.2) is 0 Å². The summed E-state index contributed by atoms with van der Waals surface area (Å²) < 4.78 is 28.3. The second-order valence-corrected chi connectivity index (χ2v) is 8.55. The zero-order valence-corrected chi connectivity index (χ0v) is 27.4. The Labute approximate surface area is 270 Å². The van der Waals surface area contributed by atoms with Crippen molar-refractivity contribution in [3.63, 3.8) is 0 Å². The Hall–Kier alpha value is -0.640. The minimum Gasteiger partial charge on any atom is -0.396 e. The van der Waals surface area contributed by atoms with Gasteiger partial charge in [0.15, 0.2) is 0 Å². The maximum Gasteiger partial charge on any atom is 0.146 e. The molecule has 0 aromatic rings. The molecule has 0 aliphatic carbocycles. The summed E-state index contributed by atoms with van der Waals surface area (Å²) in [5.41, 5.74) is 0. The summed E-state index contributed by atoms with van der Waals surface area (Å²) in [4.78, 5) is 0. The van der Waals surface area contributed by atoms with E-state index in [4.69, 9.17) is 65.3 Å².